The minimum Gasteiger partial charge on any atom is -0.326 e. The second-order valence-corrected chi connectivity index (χ2v) is 6.67. The zero-order valence-corrected chi connectivity index (χ0v) is 14.0. The van der Waals surface area contributed by atoms with E-state index in [4.69, 9.17) is 0 Å². The predicted octanol–water partition coefficient (Wildman–Crippen LogP) is 2.47. The van der Waals surface area contributed by atoms with Crippen LogP contribution in [-0.4, -0.2) is 21.2 Å². The molecule has 1 aliphatic heterocycles. The first-order valence-corrected chi connectivity index (χ1v) is 8.66. The van der Waals surface area contributed by atoms with Crippen molar-refractivity contribution in [1.82, 2.24) is 9.55 Å². The summed E-state index contributed by atoms with van der Waals surface area (Å²) in [4.78, 5) is 28.9. The molecule has 1 aromatic carbocycles. The number of aromatic nitrogens is 2. The fourth-order valence-corrected chi connectivity index (χ4v) is 3.58. The molecule has 0 aliphatic carbocycles. The molecule has 1 aromatic heterocycles. The van der Waals surface area contributed by atoms with Crippen molar-refractivity contribution in [1.29, 1.82) is 0 Å². The van der Waals surface area contributed by atoms with Crippen LogP contribution in [0.25, 0.3) is 0 Å². The molecule has 2 heterocycles. The van der Waals surface area contributed by atoms with E-state index >= 15 is 0 Å². The molecule has 1 N–H and O–H groups in total. The number of nitrogens with zero attached hydrogens (tertiary/aromatic N) is 2. The van der Waals surface area contributed by atoms with Crippen LogP contribution >= 0.6 is 11.8 Å². The summed E-state index contributed by atoms with van der Waals surface area (Å²) in [6, 6.07) is 7.85. The predicted molar refractivity (Wildman–Crippen MR) is 91.9 cm³/mol. The number of benzene rings is 1. The molecule has 1 aliphatic rings. The van der Waals surface area contributed by atoms with E-state index in [2.05, 4.69) is 17.2 Å². The molecule has 0 spiro atoms. The summed E-state index contributed by atoms with van der Waals surface area (Å²) in [6.07, 6.45) is 2.57. The topological polar surface area (TPSA) is 64.0 Å². The van der Waals surface area contributed by atoms with E-state index in [1.54, 1.807) is 17.7 Å². The van der Waals surface area contributed by atoms with Crippen LogP contribution < -0.4 is 10.9 Å². The van der Waals surface area contributed by atoms with Crippen LogP contribution in [0.3, 0.4) is 0 Å². The van der Waals surface area contributed by atoms with E-state index in [0.29, 0.717) is 23.0 Å². The van der Waals surface area contributed by atoms with Crippen molar-refractivity contribution in [2.24, 2.45) is 5.92 Å². The molecule has 6 heteroatoms. The normalized spacial score (nSPS) is 16.7. The van der Waals surface area contributed by atoms with Gasteiger partial charge in [-0.1, -0.05) is 30.8 Å². The monoisotopic (exact) mass is 329 g/mol. The fraction of sp³-hybridized carbons (Fsp3) is 0.353. The van der Waals surface area contributed by atoms with Crippen molar-refractivity contribution in [3.63, 3.8) is 0 Å². The third kappa shape index (κ3) is 3.32. The smallest absolute Gasteiger partial charge is 0.257 e. The maximum atomic E-state index is 12.5. The van der Waals surface area contributed by atoms with Crippen molar-refractivity contribution in [2.75, 3.05) is 11.1 Å². The highest BCUT2D eigenvalue weighted by Gasteiger charge is 2.27. The van der Waals surface area contributed by atoms with Crippen molar-refractivity contribution in [2.45, 2.75) is 32.0 Å². The molecule has 120 valence electrons. The van der Waals surface area contributed by atoms with Crippen LogP contribution in [0, 0.1) is 12.8 Å². The summed E-state index contributed by atoms with van der Waals surface area (Å²) in [5.74, 6) is 0.342. The van der Waals surface area contributed by atoms with Crippen LogP contribution in [0.2, 0.25) is 0 Å². The number of anilines is 1. The molecule has 1 unspecified atom stereocenters. The number of nitrogens with one attached hydrogen (secondary N) is 1. The van der Waals surface area contributed by atoms with Crippen LogP contribution in [0.1, 0.15) is 18.1 Å². The zero-order valence-electron chi connectivity index (χ0n) is 13.2. The number of hydrogen-bond donors (Lipinski definition) is 1. The summed E-state index contributed by atoms with van der Waals surface area (Å²) >= 11 is 1.46. The number of hydrogen-bond acceptors (Lipinski definition) is 4. The molecule has 5 nitrogen and oxygen atoms in total. The quantitative estimate of drug-likeness (QED) is 0.879. The number of carbonyl (C=O) groups is 1. The number of fused-ring (bicyclic) bond motifs is 1. The molecular weight excluding hydrogens is 310 g/mol. The molecule has 3 rings (SSSR count). The highest BCUT2D eigenvalue weighted by molar-refractivity contribution is 7.99. The van der Waals surface area contributed by atoms with Crippen molar-refractivity contribution in [3.05, 3.63) is 51.9 Å². The molecule has 0 fully saturated rings. The maximum absolute atomic E-state index is 12.5. The molecule has 1 amide bonds. The molecular formula is C17H19N3O2S. The van der Waals surface area contributed by atoms with Gasteiger partial charge in [0.05, 0.1) is 5.92 Å². The average Bonchev–Trinajstić information content (AvgIpc) is 2.58. The Kier molecular flexibility index (Phi) is 4.52. The van der Waals surface area contributed by atoms with Gasteiger partial charge < -0.3 is 5.32 Å². The Morgan fingerprint density at radius 1 is 1.39 bits per heavy atom. The van der Waals surface area contributed by atoms with Gasteiger partial charge in [0.2, 0.25) is 5.91 Å². The van der Waals surface area contributed by atoms with Crippen molar-refractivity contribution < 1.29 is 4.79 Å². The van der Waals surface area contributed by atoms with Gasteiger partial charge in [0.1, 0.15) is 0 Å². The lowest BCUT2D eigenvalue weighted by atomic mass is 10.1. The lowest BCUT2D eigenvalue weighted by molar-refractivity contribution is -0.119. The average molecular weight is 329 g/mol. The van der Waals surface area contributed by atoms with Gasteiger partial charge in [-0.15, -0.1) is 0 Å². The number of aryl methyl sites for hydroxylation is 2. The van der Waals surface area contributed by atoms with E-state index in [1.165, 1.54) is 17.3 Å². The van der Waals surface area contributed by atoms with Crippen LogP contribution in [0.4, 0.5) is 5.69 Å². The molecule has 0 saturated heterocycles. The summed E-state index contributed by atoms with van der Waals surface area (Å²) in [6.45, 7) is 4.22. The van der Waals surface area contributed by atoms with Gasteiger partial charge in [-0.2, -0.15) is 0 Å². The number of carbonyl (C=O) groups excluding carboxylic acids is 1. The number of rotatable bonds is 3. The Morgan fingerprint density at radius 3 is 2.83 bits per heavy atom. The first-order valence-electron chi connectivity index (χ1n) is 7.67. The molecule has 2 aromatic rings. The fourth-order valence-electron chi connectivity index (χ4n) is 2.53. The summed E-state index contributed by atoms with van der Waals surface area (Å²) in [5, 5.41) is 3.63. The largest absolute Gasteiger partial charge is 0.326 e. The minimum absolute atomic E-state index is 0.0548. The van der Waals surface area contributed by atoms with Gasteiger partial charge >= 0.3 is 0 Å². The molecule has 0 radical (unpaired) electrons. The second-order valence-electron chi connectivity index (χ2n) is 5.69. The van der Waals surface area contributed by atoms with Crippen molar-refractivity contribution >= 4 is 23.4 Å². The van der Waals surface area contributed by atoms with Crippen LogP contribution in [0.15, 0.2) is 40.4 Å². The SMILES string of the molecule is CCc1ccc(NC(=O)C2CSc3ncc(C)c(=O)n3C2)cc1. The van der Waals surface area contributed by atoms with Gasteiger partial charge in [-0.05, 0) is 31.0 Å². The Bertz CT molecular complexity index is 783. The number of thioether (sulfide) groups is 1. The summed E-state index contributed by atoms with van der Waals surface area (Å²) < 4.78 is 1.61. The van der Waals surface area contributed by atoms with E-state index < -0.39 is 0 Å². The van der Waals surface area contributed by atoms with Gasteiger partial charge in [0.25, 0.3) is 5.56 Å². The van der Waals surface area contributed by atoms with Gasteiger partial charge in [-0.3, -0.25) is 14.2 Å². The maximum Gasteiger partial charge on any atom is 0.257 e. The van der Waals surface area contributed by atoms with E-state index in [9.17, 15) is 9.59 Å². The Balaban J connectivity index is 1.73. The van der Waals surface area contributed by atoms with Crippen molar-refractivity contribution in [3.8, 4) is 0 Å². The van der Waals surface area contributed by atoms with E-state index in [-0.39, 0.29) is 17.4 Å². The standard InChI is InChI=1S/C17H19N3O2S/c1-3-12-4-6-14(7-5-12)19-15(21)13-9-20-16(22)11(2)8-18-17(20)23-10-13/h4-8,13H,3,9-10H2,1-2H3,(H,19,21). The molecule has 23 heavy (non-hydrogen) atoms. The Morgan fingerprint density at radius 2 is 2.13 bits per heavy atom. The Labute approximate surface area is 139 Å². The number of amides is 1. The first-order chi connectivity index (χ1) is 11.1. The van der Waals surface area contributed by atoms with Crippen LogP contribution in [-0.2, 0) is 17.8 Å². The minimum atomic E-state index is -0.236. The second kappa shape index (κ2) is 6.58. The summed E-state index contributed by atoms with van der Waals surface area (Å²) in [5.41, 5.74) is 2.56. The third-order valence-electron chi connectivity index (χ3n) is 4.00. The third-order valence-corrected chi connectivity index (χ3v) is 5.15. The highest BCUT2D eigenvalue weighted by atomic mass is 32.2. The van der Waals surface area contributed by atoms with Crippen LogP contribution in [0.5, 0.6) is 0 Å². The lowest BCUT2D eigenvalue weighted by Gasteiger charge is -2.24. The Hall–Kier alpha value is -2.08. The van der Waals surface area contributed by atoms with E-state index in [0.717, 1.165) is 12.1 Å². The van der Waals surface area contributed by atoms with Gasteiger partial charge in [-0.25, -0.2) is 4.98 Å². The lowest BCUT2D eigenvalue weighted by Crippen LogP contribution is -2.37. The first kappa shape index (κ1) is 15.8. The zero-order chi connectivity index (χ0) is 16.4. The molecule has 0 saturated carbocycles. The molecule has 0 bridgehead atoms. The van der Waals surface area contributed by atoms with Gasteiger partial charge in [0, 0.05) is 29.7 Å². The highest BCUT2D eigenvalue weighted by Crippen LogP contribution is 2.25. The van der Waals surface area contributed by atoms with Gasteiger partial charge in [0.15, 0.2) is 5.16 Å². The molecule has 1 atom stereocenters. The van der Waals surface area contributed by atoms with E-state index in [1.807, 2.05) is 24.3 Å². The summed E-state index contributed by atoms with van der Waals surface area (Å²) in [7, 11) is 0.